The monoisotopic (exact) mass is 533 g/mol. The quantitative estimate of drug-likeness (QED) is 0.382. The van der Waals surface area contributed by atoms with Gasteiger partial charge in [0.05, 0.1) is 32.2 Å². The van der Waals surface area contributed by atoms with Gasteiger partial charge in [-0.25, -0.2) is 9.18 Å². The van der Waals surface area contributed by atoms with Crippen LogP contribution in [-0.4, -0.2) is 44.0 Å². The lowest BCUT2D eigenvalue weighted by atomic mass is 9.85. The van der Waals surface area contributed by atoms with Crippen molar-refractivity contribution in [2.45, 2.75) is 42.7 Å². The SMILES string of the molecule is CC1(C)C(NC(=O)O)=N[C@](C)(c2cc(NC(=O)c3ccc(C#N)cc3Cl)ccc2F)[C@@H]2CCNS21O. The number of nitriles is 1. The molecule has 2 aromatic carbocycles. The molecule has 4 rings (SSSR count). The fourth-order valence-corrected chi connectivity index (χ4v) is 8.49. The van der Waals surface area contributed by atoms with E-state index in [-0.39, 0.29) is 27.7 Å². The van der Waals surface area contributed by atoms with E-state index in [0.717, 1.165) is 0 Å². The molecule has 0 aliphatic carbocycles. The fourth-order valence-electron chi connectivity index (χ4n) is 4.82. The Morgan fingerprint density at radius 3 is 2.61 bits per heavy atom. The minimum Gasteiger partial charge on any atom is -0.465 e. The number of hydrogen-bond donors (Lipinski definition) is 5. The average Bonchev–Trinajstić information content (AvgIpc) is 3.23. The molecule has 2 aliphatic rings. The highest BCUT2D eigenvalue weighted by molar-refractivity contribution is 8.29. The second-order valence-electron chi connectivity index (χ2n) is 9.30. The van der Waals surface area contributed by atoms with Gasteiger partial charge in [0, 0.05) is 17.8 Å². The number of anilines is 1. The molecule has 12 heteroatoms. The number of aliphatic imine (C=N–C) groups is 1. The molecule has 1 unspecified atom stereocenters. The van der Waals surface area contributed by atoms with Gasteiger partial charge in [-0.1, -0.05) is 22.1 Å². The summed E-state index contributed by atoms with van der Waals surface area (Å²) >= 11 is 6.15. The predicted molar refractivity (Wildman–Crippen MR) is 137 cm³/mol. The standard InChI is InChI=1S/C24H25ClFN5O4S/c1-23(2)21(30-22(33)34)31-24(3,19-8-9-28-36(19,23)35)16-11-14(5-7-18(16)26)29-20(32)15-6-4-13(12-27)10-17(15)25/h4-7,10-11,19,28,35H,8-9H2,1-3H3,(H,29,32)(H,30,31)(H,33,34)/t19-,24+/m0/s1. The van der Waals surface area contributed by atoms with Gasteiger partial charge in [-0.15, -0.1) is 0 Å². The van der Waals surface area contributed by atoms with E-state index in [2.05, 4.69) is 20.3 Å². The number of nitrogens with one attached hydrogen (secondary N) is 3. The third kappa shape index (κ3) is 4.10. The second kappa shape index (κ2) is 9.05. The zero-order valence-electron chi connectivity index (χ0n) is 19.7. The summed E-state index contributed by atoms with van der Waals surface area (Å²) < 4.78 is 29.2. The van der Waals surface area contributed by atoms with Gasteiger partial charge in [-0.2, -0.15) is 5.26 Å². The van der Waals surface area contributed by atoms with Crippen molar-refractivity contribution in [1.82, 2.24) is 10.0 Å². The van der Waals surface area contributed by atoms with Crippen molar-refractivity contribution in [3.8, 4) is 6.07 Å². The number of rotatable bonds is 3. The van der Waals surface area contributed by atoms with E-state index >= 15 is 4.39 Å². The molecule has 2 aliphatic heterocycles. The first-order chi connectivity index (χ1) is 16.8. The van der Waals surface area contributed by atoms with Crippen molar-refractivity contribution in [1.29, 1.82) is 5.26 Å². The summed E-state index contributed by atoms with van der Waals surface area (Å²) in [5.41, 5.74) is -0.534. The second-order valence-corrected chi connectivity index (χ2v) is 12.8. The topological polar surface area (TPSA) is 147 Å². The first-order valence-corrected chi connectivity index (χ1v) is 13.1. The van der Waals surface area contributed by atoms with Crippen molar-refractivity contribution in [2.24, 2.45) is 4.99 Å². The zero-order chi connectivity index (χ0) is 26.5. The summed E-state index contributed by atoms with van der Waals surface area (Å²) in [5, 5.41) is 22.9. The highest BCUT2D eigenvalue weighted by Crippen LogP contribution is 2.67. The van der Waals surface area contributed by atoms with Gasteiger partial charge in [-0.05, 0) is 63.6 Å². The minimum absolute atomic E-state index is 0.0267. The molecule has 1 saturated heterocycles. The molecule has 5 N–H and O–H groups in total. The largest absolute Gasteiger partial charge is 0.465 e. The number of benzene rings is 2. The van der Waals surface area contributed by atoms with Crippen LogP contribution in [0.3, 0.4) is 0 Å². The first-order valence-electron chi connectivity index (χ1n) is 11.0. The zero-order valence-corrected chi connectivity index (χ0v) is 21.3. The molecule has 0 aromatic heterocycles. The smallest absolute Gasteiger partial charge is 0.410 e. The molecular formula is C24H25ClFN5O4S. The summed E-state index contributed by atoms with van der Waals surface area (Å²) in [7, 11) is -2.69. The van der Waals surface area contributed by atoms with E-state index in [1.165, 1.54) is 36.4 Å². The molecule has 36 heavy (non-hydrogen) atoms. The molecule has 2 heterocycles. The Bertz CT molecular complexity index is 1350. The van der Waals surface area contributed by atoms with E-state index in [1.807, 2.05) is 6.07 Å². The number of carbonyl (C=O) groups is 2. The lowest BCUT2D eigenvalue weighted by Crippen LogP contribution is -2.59. The van der Waals surface area contributed by atoms with Crippen LogP contribution in [0.15, 0.2) is 41.4 Å². The van der Waals surface area contributed by atoms with Crippen molar-refractivity contribution >= 4 is 45.6 Å². The van der Waals surface area contributed by atoms with Gasteiger partial charge < -0.3 is 15.0 Å². The number of hydrogen-bond acceptors (Lipinski definition) is 6. The van der Waals surface area contributed by atoms with Crippen LogP contribution in [0.25, 0.3) is 0 Å². The van der Waals surface area contributed by atoms with E-state index in [4.69, 9.17) is 16.9 Å². The third-order valence-corrected chi connectivity index (χ3v) is 11.0. The Labute approximate surface area is 214 Å². The normalized spacial score (nSPS) is 28.1. The molecule has 2 aromatic rings. The molecule has 9 nitrogen and oxygen atoms in total. The number of halogens is 2. The highest BCUT2D eigenvalue weighted by atomic mass is 35.5. The van der Waals surface area contributed by atoms with E-state index < -0.39 is 43.8 Å². The molecule has 1 fully saturated rings. The number of amides is 2. The van der Waals surface area contributed by atoms with Crippen LogP contribution in [0, 0.1) is 17.1 Å². The number of carbonyl (C=O) groups excluding carboxylic acids is 1. The Kier molecular flexibility index (Phi) is 6.51. The fraction of sp³-hybridized carbons (Fsp3) is 0.333. The van der Waals surface area contributed by atoms with Crippen LogP contribution in [0.1, 0.15) is 48.7 Å². The van der Waals surface area contributed by atoms with Gasteiger partial charge in [0.1, 0.15) is 17.2 Å². The van der Waals surface area contributed by atoms with Gasteiger partial charge >= 0.3 is 6.09 Å². The Hall–Kier alpha value is -3.17. The van der Waals surface area contributed by atoms with Gasteiger partial charge in [0.2, 0.25) is 0 Å². The summed E-state index contributed by atoms with van der Waals surface area (Å²) in [6.07, 6.45) is -0.851. The summed E-state index contributed by atoms with van der Waals surface area (Å²) in [6.45, 7) is 5.52. The maximum absolute atomic E-state index is 15.3. The van der Waals surface area contributed by atoms with Crippen LogP contribution in [0.4, 0.5) is 14.9 Å². The number of nitrogens with zero attached hydrogens (tertiary/aromatic N) is 2. The Morgan fingerprint density at radius 1 is 1.25 bits per heavy atom. The molecule has 190 valence electrons. The summed E-state index contributed by atoms with van der Waals surface area (Å²) in [4.78, 5) is 29.0. The van der Waals surface area contributed by atoms with Crippen LogP contribution >= 0.6 is 22.1 Å². The van der Waals surface area contributed by atoms with Gasteiger partial charge in [0.25, 0.3) is 5.91 Å². The maximum Gasteiger partial charge on any atom is 0.410 e. The van der Waals surface area contributed by atoms with E-state index in [1.54, 1.807) is 20.8 Å². The maximum atomic E-state index is 15.3. The summed E-state index contributed by atoms with van der Waals surface area (Å²) in [5.74, 6) is -1.14. The predicted octanol–water partition coefficient (Wildman–Crippen LogP) is 4.83. The molecule has 0 radical (unpaired) electrons. The van der Waals surface area contributed by atoms with Crippen molar-refractivity contribution < 1.29 is 23.6 Å². The van der Waals surface area contributed by atoms with Crippen LogP contribution < -0.4 is 15.4 Å². The van der Waals surface area contributed by atoms with E-state index in [9.17, 15) is 19.2 Å². The van der Waals surface area contributed by atoms with Crippen molar-refractivity contribution in [3.05, 3.63) is 63.9 Å². The molecular weight excluding hydrogens is 509 g/mol. The van der Waals surface area contributed by atoms with Gasteiger partial charge in [0.15, 0.2) is 0 Å². The lowest BCUT2D eigenvalue weighted by molar-refractivity contribution is 0.102. The Morgan fingerprint density at radius 2 is 1.97 bits per heavy atom. The van der Waals surface area contributed by atoms with Crippen LogP contribution in [0.2, 0.25) is 5.02 Å². The third-order valence-electron chi connectivity index (χ3n) is 6.80. The minimum atomic E-state index is -2.69. The van der Waals surface area contributed by atoms with Crippen LogP contribution in [-0.2, 0) is 5.54 Å². The molecule has 0 saturated carbocycles. The summed E-state index contributed by atoms with van der Waals surface area (Å²) in [6, 6.07) is 10.2. The van der Waals surface area contributed by atoms with Gasteiger partial charge in [-0.3, -0.25) is 19.8 Å². The number of carboxylic acid groups (broad SMARTS) is 1. The van der Waals surface area contributed by atoms with Crippen molar-refractivity contribution in [3.63, 3.8) is 0 Å². The molecule has 3 atom stereocenters. The van der Waals surface area contributed by atoms with Crippen LogP contribution in [0.5, 0.6) is 0 Å². The number of fused-ring (bicyclic) bond motifs is 1. The Balaban J connectivity index is 1.77. The number of amidine groups is 1. The van der Waals surface area contributed by atoms with E-state index in [0.29, 0.717) is 18.5 Å². The molecule has 0 spiro atoms. The average molecular weight is 534 g/mol. The lowest BCUT2D eigenvalue weighted by Gasteiger charge is -2.56. The highest BCUT2D eigenvalue weighted by Gasteiger charge is 2.61. The van der Waals surface area contributed by atoms with Crippen molar-refractivity contribution in [2.75, 3.05) is 11.9 Å². The first kappa shape index (κ1) is 25.9. The molecule has 2 amide bonds. The molecule has 0 bridgehead atoms.